The number of hydrogen-bond acceptors (Lipinski definition) is 2. The first-order valence-electron chi connectivity index (χ1n) is 8.03. The van der Waals surface area contributed by atoms with Crippen LogP contribution < -0.4 is 5.73 Å². The second-order valence-corrected chi connectivity index (χ2v) is 6.49. The van der Waals surface area contributed by atoms with Gasteiger partial charge in [-0.05, 0) is 38.8 Å². The lowest BCUT2D eigenvalue weighted by Gasteiger charge is -2.23. The minimum atomic E-state index is 0. The minimum Gasteiger partial charge on any atom is -0.329 e. The summed E-state index contributed by atoms with van der Waals surface area (Å²) >= 11 is 0. The van der Waals surface area contributed by atoms with Crippen LogP contribution in [0.2, 0.25) is 0 Å². The topological polar surface area (TPSA) is 29.3 Å². The Balaban J connectivity index is 0.00000264. The quantitative estimate of drug-likeness (QED) is 0.798. The summed E-state index contributed by atoms with van der Waals surface area (Å²) in [4.78, 5) is 2.43. The van der Waals surface area contributed by atoms with Crippen molar-refractivity contribution in [3.63, 3.8) is 0 Å². The van der Waals surface area contributed by atoms with Crippen molar-refractivity contribution in [2.24, 2.45) is 5.73 Å². The van der Waals surface area contributed by atoms with E-state index in [2.05, 4.69) is 69.0 Å². The number of benzene rings is 2. The van der Waals surface area contributed by atoms with Gasteiger partial charge in [-0.1, -0.05) is 58.7 Å². The van der Waals surface area contributed by atoms with E-state index < -0.39 is 0 Å². The molecular formula is C20H30Cl2N2. The van der Waals surface area contributed by atoms with Crippen molar-refractivity contribution < 1.29 is 0 Å². The smallest absolute Gasteiger partial charge is 0.0238 e. The van der Waals surface area contributed by atoms with E-state index in [-0.39, 0.29) is 24.8 Å². The molecular weight excluding hydrogens is 339 g/mol. The Hall–Kier alpha value is -1.06. The first kappa shape index (κ1) is 22.9. The predicted octanol–water partition coefficient (Wildman–Crippen LogP) is 4.72. The number of aryl methyl sites for hydroxylation is 4. The highest BCUT2D eigenvalue weighted by atomic mass is 35.5. The van der Waals surface area contributed by atoms with Crippen LogP contribution in [0.15, 0.2) is 36.4 Å². The molecule has 0 aliphatic carbocycles. The molecule has 2 N–H and O–H groups in total. The Morgan fingerprint density at radius 3 is 1.29 bits per heavy atom. The highest BCUT2D eigenvalue weighted by Crippen LogP contribution is 2.15. The summed E-state index contributed by atoms with van der Waals surface area (Å²) < 4.78 is 0. The van der Waals surface area contributed by atoms with Crippen molar-refractivity contribution >= 4 is 24.8 Å². The zero-order valence-corrected chi connectivity index (χ0v) is 16.8. The molecule has 2 nitrogen and oxygen atoms in total. The van der Waals surface area contributed by atoms with E-state index >= 15 is 0 Å². The number of halogens is 2. The Morgan fingerprint density at radius 1 is 0.667 bits per heavy atom. The number of hydrogen-bond donors (Lipinski definition) is 1. The SMILES string of the molecule is Cc1cc(C)cc(CN(CCN)Cc2cc(C)cc(C)c2)c1.Cl.Cl. The maximum atomic E-state index is 5.81. The average molecular weight is 369 g/mol. The van der Waals surface area contributed by atoms with Crippen molar-refractivity contribution in [2.75, 3.05) is 13.1 Å². The predicted molar refractivity (Wildman–Crippen MR) is 109 cm³/mol. The second-order valence-electron chi connectivity index (χ2n) is 6.49. The van der Waals surface area contributed by atoms with E-state index in [1.807, 2.05) is 0 Å². The summed E-state index contributed by atoms with van der Waals surface area (Å²) in [6.45, 7) is 12.2. The van der Waals surface area contributed by atoms with Gasteiger partial charge in [-0.15, -0.1) is 24.8 Å². The molecule has 0 heterocycles. The van der Waals surface area contributed by atoms with Crippen molar-refractivity contribution in [3.05, 3.63) is 69.8 Å². The zero-order valence-electron chi connectivity index (χ0n) is 15.1. The molecule has 0 amide bonds. The molecule has 2 aromatic rings. The average Bonchev–Trinajstić information content (AvgIpc) is 2.36. The van der Waals surface area contributed by atoms with Crippen LogP contribution in [0, 0.1) is 27.7 Å². The lowest BCUT2D eigenvalue weighted by Crippen LogP contribution is -2.28. The van der Waals surface area contributed by atoms with Crippen LogP contribution in [0.1, 0.15) is 33.4 Å². The van der Waals surface area contributed by atoms with Gasteiger partial charge < -0.3 is 5.73 Å². The van der Waals surface area contributed by atoms with Crippen LogP contribution in [0.25, 0.3) is 0 Å². The third kappa shape index (κ3) is 7.23. The summed E-state index contributed by atoms with van der Waals surface area (Å²) in [6, 6.07) is 13.5. The fourth-order valence-corrected chi connectivity index (χ4v) is 3.23. The summed E-state index contributed by atoms with van der Waals surface area (Å²) in [5.74, 6) is 0. The van der Waals surface area contributed by atoms with Crippen LogP contribution in [0.5, 0.6) is 0 Å². The van der Waals surface area contributed by atoms with Crippen LogP contribution >= 0.6 is 24.8 Å². The van der Waals surface area contributed by atoms with Gasteiger partial charge in [-0.2, -0.15) is 0 Å². The van der Waals surface area contributed by atoms with Gasteiger partial charge >= 0.3 is 0 Å². The maximum absolute atomic E-state index is 5.81. The van der Waals surface area contributed by atoms with Crippen LogP contribution in [-0.4, -0.2) is 18.0 Å². The third-order valence-corrected chi connectivity index (χ3v) is 3.82. The number of nitrogens with zero attached hydrogens (tertiary/aromatic N) is 1. The van der Waals surface area contributed by atoms with Crippen molar-refractivity contribution in [1.82, 2.24) is 4.90 Å². The van der Waals surface area contributed by atoms with Crippen LogP contribution in [0.4, 0.5) is 0 Å². The van der Waals surface area contributed by atoms with E-state index in [9.17, 15) is 0 Å². The van der Waals surface area contributed by atoms with E-state index in [1.54, 1.807) is 0 Å². The zero-order chi connectivity index (χ0) is 16.1. The number of nitrogens with two attached hydrogens (primary N) is 1. The summed E-state index contributed by atoms with van der Waals surface area (Å²) in [5.41, 5.74) is 13.9. The summed E-state index contributed by atoms with van der Waals surface area (Å²) in [5, 5.41) is 0. The Bertz CT molecular complexity index is 548. The highest BCUT2D eigenvalue weighted by molar-refractivity contribution is 5.85. The Kier molecular flexibility index (Phi) is 10.3. The van der Waals surface area contributed by atoms with Gasteiger partial charge in [-0.3, -0.25) is 4.90 Å². The minimum absolute atomic E-state index is 0. The van der Waals surface area contributed by atoms with Gasteiger partial charge in [0, 0.05) is 26.2 Å². The second kappa shape index (κ2) is 10.7. The fourth-order valence-electron chi connectivity index (χ4n) is 3.23. The van der Waals surface area contributed by atoms with Crippen LogP contribution in [-0.2, 0) is 13.1 Å². The molecule has 0 saturated carbocycles. The summed E-state index contributed by atoms with van der Waals surface area (Å²) in [7, 11) is 0. The lowest BCUT2D eigenvalue weighted by molar-refractivity contribution is 0.264. The molecule has 0 bridgehead atoms. The molecule has 0 aromatic heterocycles. The molecule has 0 saturated heterocycles. The van der Waals surface area contributed by atoms with Crippen molar-refractivity contribution in [1.29, 1.82) is 0 Å². The normalized spacial score (nSPS) is 10.2. The molecule has 0 fully saturated rings. The molecule has 0 atom stereocenters. The largest absolute Gasteiger partial charge is 0.329 e. The van der Waals surface area contributed by atoms with E-state index in [4.69, 9.17) is 5.73 Å². The molecule has 0 spiro atoms. The monoisotopic (exact) mass is 368 g/mol. The molecule has 134 valence electrons. The first-order valence-corrected chi connectivity index (χ1v) is 8.03. The van der Waals surface area contributed by atoms with Crippen molar-refractivity contribution in [3.8, 4) is 0 Å². The molecule has 0 aliphatic rings. The third-order valence-electron chi connectivity index (χ3n) is 3.82. The lowest BCUT2D eigenvalue weighted by atomic mass is 10.1. The van der Waals surface area contributed by atoms with Gasteiger partial charge in [0.15, 0.2) is 0 Å². The first-order chi connectivity index (χ1) is 10.5. The number of rotatable bonds is 6. The fraction of sp³-hybridized carbons (Fsp3) is 0.400. The molecule has 0 aliphatic heterocycles. The van der Waals surface area contributed by atoms with E-state index in [0.29, 0.717) is 6.54 Å². The highest BCUT2D eigenvalue weighted by Gasteiger charge is 2.08. The van der Waals surface area contributed by atoms with Gasteiger partial charge in [0.05, 0.1) is 0 Å². The Morgan fingerprint density at radius 2 is 1.00 bits per heavy atom. The Labute approximate surface area is 159 Å². The van der Waals surface area contributed by atoms with E-state index in [1.165, 1.54) is 33.4 Å². The molecule has 2 rings (SSSR count). The maximum Gasteiger partial charge on any atom is 0.0238 e. The molecule has 0 unspecified atom stereocenters. The van der Waals surface area contributed by atoms with E-state index in [0.717, 1.165) is 19.6 Å². The van der Waals surface area contributed by atoms with Crippen LogP contribution in [0.3, 0.4) is 0 Å². The standard InChI is InChI=1S/C20H28N2.2ClH/c1-15-7-16(2)10-19(9-15)13-22(6-5-21)14-20-11-17(3)8-18(4)12-20;;/h7-12H,5-6,13-14,21H2,1-4H3;2*1H. The molecule has 0 radical (unpaired) electrons. The van der Waals surface area contributed by atoms with Crippen molar-refractivity contribution in [2.45, 2.75) is 40.8 Å². The van der Waals surface area contributed by atoms with Gasteiger partial charge in [0.2, 0.25) is 0 Å². The molecule has 4 heteroatoms. The van der Waals surface area contributed by atoms with Gasteiger partial charge in [-0.25, -0.2) is 0 Å². The van der Waals surface area contributed by atoms with Gasteiger partial charge in [0.1, 0.15) is 0 Å². The van der Waals surface area contributed by atoms with Gasteiger partial charge in [0.25, 0.3) is 0 Å². The molecule has 24 heavy (non-hydrogen) atoms. The molecule has 2 aromatic carbocycles. The summed E-state index contributed by atoms with van der Waals surface area (Å²) in [6.07, 6.45) is 0.